The SMILES string of the molecule is Clc1ccc(-n2cc(-c3ccccc3)c3c(NCCC(c4ccccc4)c4ccccc4)ncnc32)cc1. The number of benzene rings is 4. The Balaban J connectivity index is 1.37. The number of anilines is 1. The lowest BCUT2D eigenvalue weighted by atomic mass is 9.88. The highest BCUT2D eigenvalue weighted by atomic mass is 35.5. The van der Waals surface area contributed by atoms with Gasteiger partial charge in [0.2, 0.25) is 0 Å². The first kappa shape index (κ1) is 24.0. The second kappa shape index (κ2) is 10.9. The van der Waals surface area contributed by atoms with E-state index in [4.69, 9.17) is 21.6 Å². The van der Waals surface area contributed by atoms with E-state index in [1.54, 1.807) is 6.33 Å². The van der Waals surface area contributed by atoms with Crippen LogP contribution in [0.3, 0.4) is 0 Å². The van der Waals surface area contributed by atoms with Gasteiger partial charge in [-0.05, 0) is 47.4 Å². The van der Waals surface area contributed by atoms with Gasteiger partial charge in [-0.15, -0.1) is 0 Å². The van der Waals surface area contributed by atoms with Gasteiger partial charge in [-0.25, -0.2) is 9.97 Å². The Labute approximate surface area is 227 Å². The highest BCUT2D eigenvalue weighted by molar-refractivity contribution is 6.30. The summed E-state index contributed by atoms with van der Waals surface area (Å²) in [6, 6.07) is 39.6. The van der Waals surface area contributed by atoms with Crippen LogP contribution >= 0.6 is 11.6 Å². The molecule has 0 aliphatic rings. The van der Waals surface area contributed by atoms with Crippen LogP contribution in [0.4, 0.5) is 5.82 Å². The Kier molecular flexibility index (Phi) is 6.88. The highest BCUT2D eigenvalue weighted by Crippen LogP contribution is 2.36. The molecule has 6 rings (SSSR count). The first-order chi connectivity index (χ1) is 18.8. The number of hydrogen-bond donors (Lipinski definition) is 1. The van der Waals surface area contributed by atoms with Gasteiger partial charge in [0.15, 0.2) is 5.65 Å². The minimum Gasteiger partial charge on any atom is -0.369 e. The maximum absolute atomic E-state index is 6.17. The van der Waals surface area contributed by atoms with Crippen molar-refractivity contribution in [1.82, 2.24) is 14.5 Å². The van der Waals surface area contributed by atoms with E-state index in [9.17, 15) is 0 Å². The number of nitrogens with one attached hydrogen (secondary N) is 1. The summed E-state index contributed by atoms with van der Waals surface area (Å²) in [7, 11) is 0. The van der Waals surface area contributed by atoms with Crippen molar-refractivity contribution in [1.29, 1.82) is 0 Å². The third-order valence-electron chi connectivity index (χ3n) is 6.90. The third kappa shape index (κ3) is 4.91. The Morgan fingerprint density at radius 3 is 1.95 bits per heavy atom. The lowest BCUT2D eigenvalue weighted by Crippen LogP contribution is -2.10. The summed E-state index contributed by atoms with van der Waals surface area (Å²) in [5, 5.41) is 5.37. The molecule has 4 aromatic carbocycles. The molecule has 5 heteroatoms. The Morgan fingerprint density at radius 2 is 1.32 bits per heavy atom. The van der Waals surface area contributed by atoms with E-state index in [1.807, 2.05) is 30.3 Å². The number of fused-ring (bicyclic) bond motifs is 1. The molecule has 0 spiro atoms. The molecule has 0 bridgehead atoms. The van der Waals surface area contributed by atoms with Crippen LogP contribution in [0.2, 0.25) is 5.02 Å². The van der Waals surface area contributed by atoms with Crippen LogP contribution in [0.5, 0.6) is 0 Å². The third-order valence-corrected chi connectivity index (χ3v) is 7.15. The molecule has 0 atom stereocenters. The number of hydrogen-bond acceptors (Lipinski definition) is 3. The predicted octanol–water partition coefficient (Wildman–Crippen LogP) is 8.38. The van der Waals surface area contributed by atoms with Gasteiger partial charge in [-0.1, -0.05) is 103 Å². The first-order valence-corrected chi connectivity index (χ1v) is 13.2. The topological polar surface area (TPSA) is 42.7 Å². The monoisotopic (exact) mass is 514 g/mol. The quantitative estimate of drug-likeness (QED) is 0.222. The molecular weight excluding hydrogens is 488 g/mol. The second-order valence-corrected chi connectivity index (χ2v) is 9.70. The second-order valence-electron chi connectivity index (χ2n) is 9.27. The summed E-state index contributed by atoms with van der Waals surface area (Å²) in [5.41, 5.74) is 6.68. The molecule has 38 heavy (non-hydrogen) atoms. The molecule has 186 valence electrons. The zero-order chi connectivity index (χ0) is 25.7. The highest BCUT2D eigenvalue weighted by Gasteiger charge is 2.18. The number of aromatic nitrogens is 3. The van der Waals surface area contributed by atoms with Gasteiger partial charge in [0, 0.05) is 34.9 Å². The van der Waals surface area contributed by atoms with Crippen LogP contribution in [0.25, 0.3) is 27.8 Å². The average molecular weight is 515 g/mol. The zero-order valence-electron chi connectivity index (χ0n) is 20.8. The van der Waals surface area contributed by atoms with E-state index in [0.717, 1.165) is 46.6 Å². The largest absolute Gasteiger partial charge is 0.369 e. The first-order valence-electron chi connectivity index (χ1n) is 12.8. The molecule has 0 aliphatic carbocycles. The molecule has 0 radical (unpaired) electrons. The number of rotatable bonds is 8. The molecule has 0 unspecified atom stereocenters. The van der Waals surface area contributed by atoms with Gasteiger partial charge in [-0.2, -0.15) is 0 Å². The molecule has 0 aliphatic heterocycles. The van der Waals surface area contributed by atoms with Crippen LogP contribution in [-0.4, -0.2) is 21.1 Å². The van der Waals surface area contributed by atoms with Crippen molar-refractivity contribution in [2.24, 2.45) is 0 Å². The number of nitrogens with zero attached hydrogens (tertiary/aromatic N) is 3. The summed E-state index contributed by atoms with van der Waals surface area (Å²) in [5.74, 6) is 1.12. The van der Waals surface area contributed by atoms with Crippen molar-refractivity contribution in [3.8, 4) is 16.8 Å². The van der Waals surface area contributed by atoms with Gasteiger partial charge in [0.05, 0.1) is 5.39 Å². The van der Waals surface area contributed by atoms with Gasteiger partial charge in [-0.3, -0.25) is 0 Å². The van der Waals surface area contributed by atoms with E-state index in [1.165, 1.54) is 11.1 Å². The molecule has 0 saturated heterocycles. The summed E-state index contributed by atoms with van der Waals surface area (Å²) in [4.78, 5) is 9.40. The van der Waals surface area contributed by atoms with Crippen molar-refractivity contribution >= 4 is 28.5 Å². The summed E-state index contributed by atoms with van der Waals surface area (Å²) in [6.45, 7) is 0.765. The standard InChI is InChI=1S/C33H27ClN4/c34-27-16-18-28(19-17-27)38-22-30(26-14-8-3-9-15-26)31-32(36-23-37-33(31)38)35-21-20-29(24-10-4-1-5-11-24)25-12-6-2-7-13-25/h1-19,22-23,29H,20-21H2,(H,35,36,37). The maximum Gasteiger partial charge on any atom is 0.150 e. The zero-order valence-corrected chi connectivity index (χ0v) is 21.6. The molecule has 2 aromatic heterocycles. The molecule has 0 saturated carbocycles. The molecule has 4 nitrogen and oxygen atoms in total. The van der Waals surface area contributed by atoms with Crippen molar-refractivity contribution < 1.29 is 0 Å². The molecular formula is C33H27ClN4. The van der Waals surface area contributed by atoms with E-state index in [2.05, 4.69) is 101 Å². The normalized spacial score (nSPS) is 11.2. The summed E-state index contributed by atoms with van der Waals surface area (Å²) < 4.78 is 2.11. The van der Waals surface area contributed by atoms with Gasteiger partial charge in [0.1, 0.15) is 12.1 Å². The fourth-order valence-electron chi connectivity index (χ4n) is 5.06. The number of halogens is 1. The van der Waals surface area contributed by atoms with Crippen LogP contribution in [0, 0.1) is 0 Å². The van der Waals surface area contributed by atoms with Crippen molar-refractivity contribution in [2.45, 2.75) is 12.3 Å². The van der Waals surface area contributed by atoms with Crippen molar-refractivity contribution in [3.63, 3.8) is 0 Å². The van der Waals surface area contributed by atoms with E-state index >= 15 is 0 Å². The van der Waals surface area contributed by atoms with E-state index in [0.29, 0.717) is 5.02 Å². The minimum absolute atomic E-state index is 0.287. The Hall–Kier alpha value is -4.41. The van der Waals surface area contributed by atoms with Crippen LogP contribution in [0.15, 0.2) is 128 Å². The molecule has 0 amide bonds. The molecule has 2 heterocycles. The Bertz CT molecular complexity index is 1590. The minimum atomic E-state index is 0.287. The predicted molar refractivity (Wildman–Crippen MR) is 157 cm³/mol. The van der Waals surface area contributed by atoms with Gasteiger partial charge >= 0.3 is 0 Å². The lowest BCUT2D eigenvalue weighted by molar-refractivity contribution is 0.743. The smallest absolute Gasteiger partial charge is 0.150 e. The van der Waals surface area contributed by atoms with Crippen LogP contribution < -0.4 is 5.32 Å². The fourth-order valence-corrected chi connectivity index (χ4v) is 5.19. The summed E-state index contributed by atoms with van der Waals surface area (Å²) in [6.07, 6.45) is 4.70. The van der Waals surface area contributed by atoms with E-state index < -0.39 is 0 Å². The van der Waals surface area contributed by atoms with Gasteiger partial charge < -0.3 is 9.88 Å². The molecule has 6 aromatic rings. The summed E-state index contributed by atoms with van der Waals surface area (Å²) >= 11 is 6.17. The average Bonchev–Trinajstić information content (AvgIpc) is 3.38. The van der Waals surface area contributed by atoms with Crippen molar-refractivity contribution in [3.05, 3.63) is 144 Å². The fraction of sp³-hybridized carbons (Fsp3) is 0.0909. The van der Waals surface area contributed by atoms with Crippen LogP contribution in [-0.2, 0) is 0 Å². The van der Waals surface area contributed by atoms with Gasteiger partial charge in [0.25, 0.3) is 0 Å². The molecule has 0 fully saturated rings. The van der Waals surface area contributed by atoms with E-state index in [-0.39, 0.29) is 5.92 Å². The van der Waals surface area contributed by atoms with Crippen LogP contribution in [0.1, 0.15) is 23.5 Å². The molecule has 1 N–H and O–H groups in total. The maximum atomic E-state index is 6.17. The van der Waals surface area contributed by atoms with Crippen molar-refractivity contribution in [2.75, 3.05) is 11.9 Å². The Morgan fingerprint density at radius 1 is 0.711 bits per heavy atom. The lowest BCUT2D eigenvalue weighted by Gasteiger charge is -2.19.